The predicted octanol–water partition coefficient (Wildman–Crippen LogP) is -0.800. The minimum Gasteiger partial charge on any atom is -0.508 e. The number of methoxy groups -OCH3 is 1. The molecule has 1 saturated heterocycles. The number of β-lactam (4-membered cyclic amide) rings is 1. The molecule has 0 aliphatic carbocycles. The number of carbonyl (C=O) groups excluding carboxylic acids is 3. The number of thioether (sulfide) groups is 1. The molecule has 3 amide bonds. The second-order valence-electron chi connectivity index (χ2n) is 6.70. The molecular weight excluding hydrogens is 432 g/mol. The van der Waals surface area contributed by atoms with Crippen molar-refractivity contribution in [3.63, 3.8) is 0 Å². The van der Waals surface area contributed by atoms with E-state index in [1.807, 2.05) is 0 Å². The summed E-state index contributed by atoms with van der Waals surface area (Å²) in [5.41, 5.74) is 9.27. The standard InChI is InChI=1S/C18H20N4O8S/c1-29-18(21-13(24)11(19)8-2-4-10(23)5-3-8)15(27)22-12(14(25)26)9(6-30-17(20)28)7-31-16(18)22/h2-5,11,16,23H,6-7,19H2,1H3,(H2,20,28)(H,21,24)(H,25,26)/t11?,16-,18-/m0/s1. The molecule has 31 heavy (non-hydrogen) atoms. The van der Waals surface area contributed by atoms with Crippen LogP contribution in [0.2, 0.25) is 0 Å². The van der Waals surface area contributed by atoms with Crippen molar-refractivity contribution in [2.75, 3.05) is 19.5 Å². The molecular formula is C18H20N4O8S. The van der Waals surface area contributed by atoms with Gasteiger partial charge in [-0.25, -0.2) is 9.59 Å². The summed E-state index contributed by atoms with van der Waals surface area (Å²) in [4.78, 5) is 49.3. The Labute approximate surface area is 180 Å². The van der Waals surface area contributed by atoms with E-state index in [2.05, 4.69) is 10.1 Å². The molecule has 0 saturated carbocycles. The summed E-state index contributed by atoms with van der Waals surface area (Å²) in [5, 5.41) is 20.6. The number of ether oxygens (including phenoxy) is 2. The van der Waals surface area contributed by atoms with Gasteiger partial charge in [0.1, 0.15) is 29.5 Å². The molecule has 1 fully saturated rings. The molecule has 13 heteroatoms. The van der Waals surface area contributed by atoms with Crippen LogP contribution in [0.3, 0.4) is 0 Å². The summed E-state index contributed by atoms with van der Waals surface area (Å²) in [6.07, 6.45) is -1.08. The number of carboxylic acids is 1. The minimum absolute atomic E-state index is 0.00255. The first kappa shape index (κ1) is 22.4. The van der Waals surface area contributed by atoms with Crippen LogP contribution in [0.15, 0.2) is 35.5 Å². The minimum atomic E-state index is -1.83. The second kappa shape index (κ2) is 8.45. The number of aliphatic carboxylic acids is 1. The van der Waals surface area contributed by atoms with E-state index in [0.717, 1.165) is 16.7 Å². The first-order valence-electron chi connectivity index (χ1n) is 8.87. The van der Waals surface area contributed by atoms with Crippen molar-refractivity contribution in [3.05, 3.63) is 41.1 Å². The van der Waals surface area contributed by atoms with Crippen LogP contribution in [0.1, 0.15) is 11.6 Å². The average molecular weight is 452 g/mol. The summed E-state index contributed by atoms with van der Waals surface area (Å²) >= 11 is 1.12. The molecule has 0 bridgehead atoms. The SMILES string of the molecule is CO[C@@]1(NC(=O)C(N)c2ccc(O)cc2)C(=O)N2C(C(=O)O)=C(COC(N)=O)CS[C@H]21. The smallest absolute Gasteiger partial charge is 0.404 e. The second-order valence-corrected chi connectivity index (χ2v) is 7.77. The van der Waals surface area contributed by atoms with E-state index in [0.29, 0.717) is 5.56 Å². The van der Waals surface area contributed by atoms with Gasteiger partial charge in [-0.2, -0.15) is 0 Å². The summed E-state index contributed by atoms with van der Waals surface area (Å²) < 4.78 is 10.00. The normalized spacial score (nSPS) is 23.5. The number of aromatic hydroxyl groups is 1. The molecule has 0 aromatic heterocycles. The van der Waals surface area contributed by atoms with Gasteiger partial charge in [-0.1, -0.05) is 12.1 Å². The van der Waals surface area contributed by atoms with Crippen molar-refractivity contribution >= 4 is 35.6 Å². The van der Waals surface area contributed by atoms with Gasteiger partial charge < -0.3 is 36.5 Å². The fraction of sp³-hybridized carbons (Fsp3) is 0.333. The zero-order chi connectivity index (χ0) is 22.9. The zero-order valence-electron chi connectivity index (χ0n) is 16.2. The number of carboxylic acid groups (broad SMARTS) is 1. The number of fused-ring (bicyclic) bond motifs is 1. The molecule has 3 rings (SSSR count). The molecule has 12 nitrogen and oxygen atoms in total. The third-order valence-corrected chi connectivity index (χ3v) is 6.24. The number of phenolic OH excluding ortho intramolecular Hbond substituents is 1. The highest BCUT2D eigenvalue weighted by atomic mass is 32.2. The molecule has 3 atom stereocenters. The van der Waals surface area contributed by atoms with Crippen LogP contribution in [-0.4, -0.2) is 69.6 Å². The Balaban J connectivity index is 1.83. The van der Waals surface area contributed by atoms with Crippen LogP contribution in [-0.2, 0) is 23.9 Å². The first-order chi connectivity index (χ1) is 14.6. The summed E-state index contributed by atoms with van der Waals surface area (Å²) in [6, 6.07) is 4.47. The van der Waals surface area contributed by atoms with Crippen molar-refractivity contribution in [2.24, 2.45) is 11.5 Å². The lowest BCUT2D eigenvalue weighted by atomic mass is 9.97. The lowest BCUT2D eigenvalue weighted by Crippen LogP contribution is -2.81. The fourth-order valence-electron chi connectivity index (χ4n) is 3.31. The van der Waals surface area contributed by atoms with Crippen molar-refractivity contribution in [2.45, 2.75) is 17.1 Å². The van der Waals surface area contributed by atoms with Gasteiger partial charge in [0, 0.05) is 18.4 Å². The number of primary amides is 1. The van der Waals surface area contributed by atoms with Crippen molar-refractivity contribution in [1.82, 2.24) is 10.2 Å². The third kappa shape index (κ3) is 3.89. The number of rotatable bonds is 7. The zero-order valence-corrected chi connectivity index (χ0v) is 17.0. The quantitative estimate of drug-likeness (QED) is 0.258. The molecule has 166 valence electrons. The first-order valence-corrected chi connectivity index (χ1v) is 9.91. The van der Waals surface area contributed by atoms with E-state index in [-0.39, 0.29) is 22.8 Å². The van der Waals surface area contributed by atoms with Crippen LogP contribution in [0.5, 0.6) is 5.75 Å². The highest BCUT2D eigenvalue weighted by molar-refractivity contribution is 8.00. The number of amides is 3. The third-order valence-electron chi connectivity index (χ3n) is 4.87. The van der Waals surface area contributed by atoms with Crippen molar-refractivity contribution < 1.29 is 38.9 Å². The lowest BCUT2D eigenvalue weighted by molar-refractivity contribution is -0.192. The van der Waals surface area contributed by atoms with E-state index in [4.69, 9.17) is 16.2 Å². The maximum absolute atomic E-state index is 13.0. The highest BCUT2D eigenvalue weighted by Gasteiger charge is 2.66. The van der Waals surface area contributed by atoms with Gasteiger partial charge in [-0.15, -0.1) is 11.8 Å². The number of nitrogens with zero attached hydrogens (tertiary/aromatic N) is 1. The summed E-state index contributed by atoms with van der Waals surface area (Å²) in [7, 11) is 1.21. The van der Waals surface area contributed by atoms with Crippen molar-refractivity contribution in [1.29, 1.82) is 0 Å². The number of nitrogens with two attached hydrogens (primary N) is 2. The molecule has 7 N–H and O–H groups in total. The number of nitrogens with one attached hydrogen (secondary N) is 1. The molecule has 1 aromatic carbocycles. The predicted molar refractivity (Wildman–Crippen MR) is 106 cm³/mol. The van der Waals surface area contributed by atoms with Gasteiger partial charge in [-0.3, -0.25) is 14.5 Å². The molecule has 2 aliphatic rings. The molecule has 1 unspecified atom stereocenters. The number of hydrogen-bond acceptors (Lipinski definition) is 9. The monoisotopic (exact) mass is 452 g/mol. The fourth-order valence-corrected chi connectivity index (χ4v) is 4.73. The van der Waals surface area contributed by atoms with Gasteiger partial charge in [0.25, 0.3) is 11.6 Å². The Morgan fingerprint density at radius 1 is 1.35 bits per heavy atom. The van der Waals surface area contributed by atoms with E-state index in [1.165, 1.54) is 31.4 Å². The van der Waals surface area contributed by atoms with Crippen LogP contribution >= 0.6 is 11.8 Å². The Morgan fingerprint density at radius 2 is 2.00 bits per heavy atom. The number of carbonyl (C=O) groups is 4. The number of phenols is 1. The van der Waals surface area contributed by atoms with Gasteiger partial charge in [-0.05, 0) is 17.7 Å². The summed E-state index contributed by atoms with van der Waals surface area (Å²) in [5.74, 6) is -2.86. The Hall–Kier alpha value is -3.29. The van der Waals surface area contributed by atoms with Crippen LogP contribution in [0, 0.1) is 0 Å². The lowest BCUT2D eigenvalue weighted by Gasteiger charge is -2.55. The highest BCUT2D eigenvalue weighted by Crippen LogP contribution is 2.46. The Bertz CT molecular complexity index is 966. The van der Waals surface area contributed by atoms with E-state index in [9.17, 15) is 29.4 Å². The number of hydrogen-bond donors (Lipinski definition) is 5. The van der Waals surface area contributed by atoms with Crippen LogP contribution in [0.4, 0.5) is 4.79 Å². The molecule has 0 radical (unpaired) electrons. The van der Waals surface area contributed by atoms with Gasteiger partial charge in [0.2, 0.25) is 5.91 Å². The van der Waals surface area contributed by atoms with Gasteiger partial charge >= 0.3 is 12.1 Å². The maximum Gasteiger partial charge on any atom is 0.404 e. The van der Waals surface area contributed by atoms with E-state index in [1.54, 1.807) is 0 Å². The van der Waals surface area contributed by atoms with Crippen LogP contribution in [0.25, 0.3) is 0 Å². The average Bonchev–Trinajstić information content (AvgIpc) is 2.74. The maximum atomic E-state index is 13.0. The van der Waals surface area contributed by atoms with Crippen molar-refractivity contribution in [3.8, 4) is 5.75 Å². The largest absolute Gasteiger partial charge is 0.508 e. The van der Waals surface area contributed by atoms with E-state index >= 15 is 0 Å². The molecule has 0 spiro atoms. The van der Waals surface area contributed by atoms with E-state index < -0.39 is 47.6 Å². The number of benzene rings is 1. The summed E-state index contributed by atoms with van der Waals surface area (Å²) in [6.45, 7) is -0.390. The molecule has 2 aliphatic heterocycles. The topological polar surface area (TPSA) is 195 Å². The Kier molecular flexibility index (Phi) is 6.10. The van der Waals surface area contributed by atoms with Gasteiger partial charge in [0.05, 0.1) is 0 Å². The molecule has 2 heterocycles. The molecule has 1 aromatic rings. The Morgan fingerprint density at radius 3 is 2.55 bits per heavy atom. The van der Waals surface area contributed by atoms with Gasteiger partial charge in [0.15, 0.2) is 0 Å². The van der Waals surface area contributed by atoms with Crippen LogP contribution < -0.4 is 16.8 Å².